The molecule has 3 heteroatoms. The summed E-state index contributed by atoms with van der Waals surface area (Å²) in [6.45, 7) is 10.5. The van der Waals surface area contributed by atoms with Crippen LogP contribution in [0.5, 0.6) is 0 Å². The third-order valence-corrected chi connectivity index (χ3v) is 3.89. The van der Waals surface area contributed by atoms with Gasteiger partial charge in [-0.2, -0.15) is 12.6 Å². The Morgan fingerprint density at radius 2 is 1.87 bits per heavy atom. The van der Waals surface area contributed by atoms with Crippen LogP contribution in [-0.4, -0.2) is 36.5 Å². The number of nitrogens with one attached hydrogen (secondary N) is 1. The van der Waals surface area contributed by atoms with Crippen molar-refractivity contribution in [3.63, 3.8) is 0 Å². The zero-order valence-corrected chi connectivity index (χ0v) is 11.3. The lowest BCUT2D eigenvalue weighted by Gasteiger charge is -2.34. The average Bonchev–Trinajstić information content (AvgIpc) is 2.26. The monoisotopic (exact) mass is 230 g/mol. The Morgan fingerprint density at radius 3 is 2.33 bits per heavy atom. The fourth-order valence-corrected chi connectivity index (χ4v) is 2.53. The minimum absolute atomic E-state index is 0.616. The predicted octanol–water partition coefficient (Wildman–Crippen LogP) is 2.22. The third-order valence-electron chi connectivity index (χ3n) is 3.49. The molecule has 1 fully saturated rings. The van der Waals surface area contributed by atoms with Gasteiger partial charge in [0.15, 0.2) is 0 Å². The molecule has 0 aromatic carbocycles. The van der Waals surface area contributed by atoms with Gasteiger partial charge < -0.3 is 5.32 Å². The molecule has 2 nitrogen and oxygen atoms in total. The first kappa shape index (κ1) is 13.3. The van der Waals surface area contributed by atoms with E-state index in [4.69, 9.17) is 0 Å². The number of hydrogen-bond donors (Lipinski definition) is 2. The van der Waals surface area contributed by atoms with E-state index in [0.29, 0.717) is 6.04 Å². The van der Waals surface area contributed by atoms with Crippen LogP contribution in [-0.2, 0) is 0 Å². The number of piperidine rings is 1. The minimum atomic E-state index is 0.616. The van der Waals surface area contributed by atoms with Crippen molar-refractivity contribution in [3.05, 3.63) is 0 Å². The van der Waals surface area contributed by atoms with Gasteiger partial charge in [-0.25, -0.2) is 0 Å². The van der Waals surface area contributed by atoms with Crippen molar-refractivity contribution >= 4 is 12.6 Å². The van der Waals surface area contributed by atoms with E-state index in [0.717, 1.165) is 17.7 Å². The molecule has 15 heavy (non-hydrogen) atoms. The Morgan fingerprint density at radius 1 is 1.27 bits per heavy atom. The van der Waals surface area contributed by atoms with Crippen molar-refractivity contribution in [1.82, 2.24) is 10.2 Å². The molecule has 1 aliphatic heterocycles. The second-order valence-electron chi connectivity index (χ2n) is 5.14. The van der Waals surface area contributed by atoms with Gasteiger partial charge in [0.2, 0.25) is 0 Å². The Balaban J connectivity index is 2.20. The van der Waals surface area contributed by atoms with Gasteiger partial charge in [-0.3, -0.25) is 4.90 Å². The van der Waals surface area contributed by atoms with E-state index >= 15 is 0 Å². The Hall–Kier alpha value is 0.270. The first-order valence-electron chi connectivity index (χ1n) is 6.20. The molecular formula is C12H26N2S. The number of likely N-dealkylation sites (tertiary alicyclic amines) is 1. The second kappa shape index (κ2) is 6.77. The largest absolute Gasteiger partial charge is 0.314 e. The summed E-state index contributed by atoms with van der Waals surface area (Å²) in [7, 11) is 0. The minimum Gasteiger partial charge on any atom is -0.314 e. The van der Waals surface area contributed by atoms with E-state index < -0.39 is 0 Å². The third kappa shape index (κ3) is 4.75. The molecule has 0 aromatic heterocycles. The first-order valence-corrected chi connectivity index (χ1v) is 6.83. The van der Waals surface area contributed by atoms with E-state index in [1.165, 1.54) is 32.5 Å². The summed E-state index contributed by atoms with van der Waals surface area (Å²) in [5.74, 6) is 2.65. The van der Waals surface area contributed by atoms with Crippen molar-refractivity contribution in [1.29, 1.82) is 0 Å². The molecule has 1 atom stereocenters. The van der Waals surface area contributed by atoms with E-state index in [1.807, 2.05) is 0 Å². The highest BCUT2D eigenvalue weighted by atomic mass is 32.1. The molecule has 0 saturated carbocycles. The average molecular weight is 230 g/mol. The van der Waals surface area contributed by atoms with Gasteiger partial charge >= 0.3 is 0 Å². The van der Waals surface area contributed by atoms with Crippen molar-refractivity contribution < 1.29 is 0 Å². The SMILES string of the molecule is CC(C)NC[C@@H](C)C1CCN(CS)CC1. The van der Waals surface area contributed by atoms with Crippen LogP contribution in [0.2, 0.25) is 0 Å². The fourth-order valence-electron chi connectivity index (χ4n) is 2.25. The quantitative estimate of drug-likeness (QED) is 0.704. The van der Waals surface area contributed by atoms with Crippen LogP contribution in [0.4, 0.5) is 0 Å². The van der Waals surface area contributed by atoms with Crippen LogP contribution in [0.15, 0.2) is 0 Å². The molecule has 1 rings (SSSR count). The van der Waals surface area contributed by atoms with Gasteiger partial charge in [0.25, 0.3) is 0 Å². The Bertz CT molecular complexity index is 165. The molecule has 1 aliphatic rings. The molecule has 0 bridgehead atoms. The van der Waals surface area contributed by atoms with Gasteiger partial charge in [0, 0.05) is 11.9 Å². The molecule has 0 unspecified atom stereocenters. The van der Waals surface area contributed by atoms with Crippen LogP contribution >= 0.6 is 12.6 Å². The van der Waals surface area contributed by atoms with Gasteiger partial charge in [-0.1, -0.05) is 20.8 Å². The molecule has 1 saturated heterocycles. The maximum absolute atomic E-state index is 4.33. The molecule has 0 aromatic rings. The van der Waals surface area contributed by atoms with Crippen molar-refractivity contribution in [3.8, 4) is 0 Å². The molecule has 0 spiro atoms. The number of nitrogens with zero attached hydrogens (tertiary/aromatic N) is 1. The summed E-state index contributed by atoms with van der Waals surface area (Å²) in [6.07, 6.45) is 2.70. The number of hydrogen-bond acceptors (Lipinski definition) is 3. The van der Waals surface area contributed by atoms with Gasteiger partial charge in [-0.15, -0.1) is 0 Å². The summed E-state index contributed by atoms with van der Waals surface area (Å²) >= 11 is 4.33. The highest BCUT2D eigenvalue weighted by Crippen LogP contribution is 2.24. The number of rotatable bonds is 5. The summed E-state index contributed by atoms with van der Waals surface area (Å²) in [5.41, 5.74) is 0. The van der Waals surface area contributed by atoms with Crippen LogP contribution in [0.25, 0.3) is 0 Å². The maximum Gasteiger partial charge on any atom is 0.0414 e. The highest BCUT2D eigenvalue weighted by Gasteiger charge is 2.22. The van der Waals surface area contributed by atoms with E-state index in [9.17, 15) is 0 Å². The van der Waals surface area contributed by atoms with Crippen molar-refractivity contribution in [2.24, 2.45) is 11.8 Å². The van der Waals surface area contributed by atoms with E-state index in [2.05, 4.69) is 43.6 Å². The zero-order valence-electron chi connectivity index (χ0n) is 10.4. The summed E-state index contributed by atoms with van der Waals surface area (Å²) in [4.78, 5) is 2.43. The van der Waals surface area contributed by atoms with Crippen molar-refractivity contribution in [2.75, 3.05) is 25.5 Å². The van der Waals surface area contributed by atoms with Crippen LogP contribution in [0, 0.1) is 11.8 Å². The van der Waals surface area contributed by atoms with Gasteiger partial charge in [0.1, 0.15) is 0 Å². The molecule has 0 aliphatic carbocycles. The lowest BCUT2D eigenvalue weighted by atomic mass is 9.85. The number of thiol groups is 1. The van der Waals surface area contributed by atoms with E-state index in [1.54, 1.807) is 0 Å². The molecule has 90 valence electrons. The second-order valence-corrected chi connectivity index (χ2v) is 5.42. The molecule has 1 heterocycles. The maximum atomic E-state index is 4.33. The van der Waals surface area contributed by atoms with E-state index in [-0.39, 0.29) is 0 Å². The fraction of sp³-hybridized carbons (Fsp3) is 1.00. The molecule has 0 radical (unpaired) electrons. The standard InChI is InChI=1S/C12H26N2S/c1-10(2)13-8-11(3)12-4-6-14(9-15)7-5-12/h10-13,15H,4-9H2,1-3H3/t11-/m1/s1. The summed E-state index contributed by atoms with van der Waals surface area (Å²) in [6, 6.07) is 0.616. The van der Waals surface area contributed by atoms with Gasteiger partial charge in [-0.05, 0) is 44.3 Å². The zero-order chi connectivity index (χ0) is 11.3. The molecule has 0 amide bonds. The molecule has 1 N–H and O–H groups in total. The molecular weight excluding hydrogens is 204 g/mol. The van der Waals surface area contributed by atoms with Gasteiger partial charge in [0.05, 0.1) is 0 Å². The topological polar surface area (TPSA) is 15.3 Å². The van der Waals surface area contributed by atoms with Crippen LogP contribution in [0.3, 0.4) is 0 Å². The predicted molar refractivity (Wildman–Crippen MR) is 70.5 cm³/mol. The smallest absolute Gasteiger partial charge is 0.0414 e. The first-order chi connectivity index (χ1) is 7.13. The van der Waals surface area contributed by atoms with Crippen molar-refractivity contribution in [2.45, 2.75) is 39.7 Å². The summed E-state index contributed by atoms with van der Waals surface area (Å²) < 4.78 is 0. The highest BCUT2D eigenvalue weighted by molar-refractivity contribution is 7.80. The normalized spacial score (nSPS) is 22.2. The lowest BCUT2D eigenvalue weighted by Crippen LogP contribution is -2.38. The Kier molecular flexibility index (Phi) is 6.02. The van der Waals surface area contributed by atoms with Crippen LogP contribution in [0.1, 0.15) is 33.6 Å². The Labute approximate surface area is 100 Å². The lowest BCUT2D eigenvalue weighted by molar-refractivity contribution is 0.170. The van der Waals surface area contributed by atoms with Crippen LogP contribution < -0.4 is 5.32 Å². The summed E-state index contributed by atoms with van der Waals surface area (Å²) in [5, 5.41) is 3.54.